The zero-order valence-corrected chi connectivity index (χ0v) is 19.7. The summed E-state index contributed by atoms with van der Waals surface area (Å²) in [6.45, 7) is 1.83. The van der Waals surface area contributed by atoms with Gasteiger partial charge in [-0.05, 0) is 12.2 Å². The molecule has 162 valence electrons. The lowest BCUT2D eigenvalue weighted by Gasteiger charge is -2.12. The average molecular weight is 526 g/mol. The van der Waals surface area contributed by atoms with Crippen molar-refractivity contribution in [2.24, 2.45) is 5.16 Å². The highest BCUT2D eigenvalue weighted by molar-refractivity contribution is 6.56. The molecule has 0 saturated heterocycles. The topological polar surface area (TPSA) is 49.3 Å². The molecule has 5 nitrogen and oxygen atoms in total. The summed E-state index contributed by atoms with van der Waals surface area (Å²) in [5.41, 5.74) is 0. The first-order valence-corrected chi connectivity index (χ1v) is 10.7. The minimum atomic E-state index is 0.120. The maximum absolute atomic E-state index is 6.19. The van der Waals surface area contributed by atoms with Crippen LogP contribution in [0.1, 0.15) is 12.8 Å². The number of nitrogens with zero attached hydrogens (tertiary/aromatic N) is 1. The van der Waals surface area contributed by atoms with Gasteiger partial charge in [-0.25, -0.2) is 0 Å². The third kappa shape index (κ3) is 13.4. The fourth-order valence-corrected chi connectivity index (χ4v) is 2.61. The summed E-state index contributed by atoms with van der Waals surface area (Å²) in [4.78, 5) is 4.90. The van der Waals surface area contributed by atoms with Crippen molar-refractivity contribution >= 4 is 75.8 Å². The number of rotatable bonds is 14. The van der Waals surface area contributed by atoms with E-state index < -0.39 is 0 Å². The van der Waals surface area contributed by atoms with E-state index in [1.807, 2.05) is 0 Å². The first kappa shape index (κ1) is 26.5. The van der Waals surface area contributed by atoms with Gasteiger partial charge in [0.25, 0.3) is 0 Å². The van der Waals surface area contributed by atoms with Gasteiger partial charge in [0.2, 0.25) is 0 Å². The zero-order chi connectivity index (χ0) is 21.5. The monoisotopic (exact) mass is 523 g/mol. The Morgan fingerprint density at radius 2 is 1.52 bits per heavy atom. The number of halogens is 6. The van der Waals surface area contributed by atoms with Crippen LogP contribution in [0.3, 0.4) is 0 Å². The van der Waals surface area contributed by atoms with Gasteiger partial charge in [0.1, 0.15) is 27.9 Å². The van der Waals surface area contributed by atoms with E-state index in [-0.39, 0.29) is 22.2 Å². The first-order chi connectivity index (χ1) is 13.9. The lowest BCUT2D eigenvalue weighted by Crippen LogP contribution is -2.05. The molecule has 1 aromatic rings. The molecule has 0 radical (unpaired) electrons. The molecule has 0 atom stereocenters. The molecule has 0 N–H and O–H groups in total. The average Bonchev–Trinajstić information content (AvgIpc) is 2.64. The van der Waals surface area contributed by atoms with Gasteiger partial charge in [-0.2, -0.15) is 0 Å². The zero-order valence-electron chi connectivity index (χ0n) is 15.2. The maximum Gasteiger partial charge on any atom is 0.156 e. The smallest absolute Gasteiger partial charge is 0.156 e. The number of ether oxygens (including phenoxy) is 3. The van der Waals surface area contributed by atoms with Gasteiger partial charge in [-0.15, -0.1) is 0 Å². The van der Waals surface area contributed by atoms with Gasteiger partial charge in [0.05, 0.1) is 23.3 Å². The van der Waals surface area contributed by atoms with Crippen molar-refractivity contribution < 1.29 is 19.0 Å². The molecule has 29 heavy (non-hydrogen) atoms. The standard InChI is InChI=1S/C18H19Cl6NO4/c19-14-11-13(27-9-3-16(21)22)12-15(20)18(14)28-8-2-7-26-6-1-5-25-29-10-4-17(23)24/h3-5,11-12H,1-2,6-10H2. The largest absolute Gasteiger partial charge is 0.490 e. The van der Waals surface area contributed by atoms with Crippen LogP contribution in [-0.2, 0) is 9.57 Å². The van der Waals surface area contributed by atoms with Crippen LogP contribution in [0.25, 0.3) is 0 Å². The molecule has 0 aliphatic heterocycles. The molecule has 0 aliphatic rings. The third-order valence-electron chi connectivity index (χ3n) is 2.99. The SMILES string of the molecule is ClC(Cl)=CCON=CCCOCCCOc1c(Cl)cc(OCC=C(Cl)Cl)cc1Cl. The Kier molecular flexibility index (Phi) is 14.8. The van der Waals surface area contributed by atoms with E-state index in [2.05, 4.69) is 5.16 Å². The van der Waals surface area contributed by atoms with E-state index in [0.29, 0.717) is 54.2 Å². The summed E-state index contributed by atoms with van der Waals surface area (Å²) in [7, 11) is 0. The van der Waals surface area contributed by atoms with E-state index in [1.54, 1.807) is 18.3 Å². The molecular formula is C18H19Cl6NO4. The summed E-state index contributed by atoms with van der Waals surface area (Å²) in [5.74, 6) is 0.871. The molecule has 0 aromatic heterocycles. The number of hydrogen-bond donors (Lipinski definition) is 0. The molecule has 0 spiro atoms. The molecule has 0 bridgehead atoms. The Balaban J connectivity index is 2.20. The minimum absolute atomic E-state index is 0.120. The molecule has 0 aliphatic carbocycles. The Morgan fingerprint density at radius 3 is 2.17 bits per heavy atom. The van der Waals surface area contributed by atoms with E-state index in [0.717, 1.165) is 0 Å². The van der Waals surface area contributed by atoms with Crippen molar-refractivity contribution in [3.63, 3.8) is 0 Å². The highest BCUT2D eigenvalue weighted by Gasteiger charge is 2.10. The van der Waals surface area contributed by atoms with Crippen molar-refractivity contribution in [2.75, 3.05) is 33.0 Å². The maximum atomic E-state index is 6.19. The van der Waals surface area contributed by atoms with Gasteiger partial charge in [0, 0.05) is 37.8 Å². The quantitative estimate of drug-likeness (QED) is 0.146. The summed E-state index contributed by atoms with van der Waals surface area (Å²) in [6.07, 6.45) is 5.87. The van der Waals surface area contributed by atoms with E-state index in [4.69, 9.17) is 88.7 Å². The molecule has 0 saturated carbocycles. The highest BCUT2D eigenvalue weighted by Crippen LogP contribution is 2.37. The van der Waals surface area contributed by atoms with E-state index in [9.17, 15) is 0 Å². The van der Waals surface area contributed by atoms with Gasteiger partial charge >= 0.3 is 0 Å². The van der Waals surface area contributed by atoms with Crippen LogP contribution in [0, 0.1) is 0 Å². The fraction of sp³-hybridized carbons (Fsp3) is 0.389. The van der Waals surface area contributed by atoms with Crippen LogP contribution in [0.5, 0.6) is 11.5 Å². The molecule has 1 rings (SSSR count). The lowest BCUT2D eigenvalue weighted by molar-refractivity contribution is 0.124. The Morgan fingerprint density at radius 1 is 0.862 bits per heavy atom. The van der Waals surface area contributed by atoms with Gasteiger partial charge in [-0.3, -0.25) is 0 Å². The lowest BCUT2D eigenvalue weighted by atomic mass is 10.3. The van der Waals surface area contributed by atoms with Gasteiger partial charge < -0.3 is 19.0 Å². The van der Waals surface area contributed by atoms with Crippen LogP contribution in [0.4, 0.5) is 0 Å². The number of benzene rings is 1. The second-order valence-corrected chi connectivity index (χ2v) is 8.03. The molecular weight excluding hydrogens is 507 g/mol. The van der Waals surface area contributed by atoms with Crippen molar-refractivity contribution in [1.82, 2.24) is 0 Å². The first-order valence-electron chi connectivity index (χ1n) is 8.38. The predicted molar refractivity (Wildman–Crippen MR) is 122 cm³/mol. The summed E-state index contributed by atoms with van der Waals surface area (Å²) in [5, 5.41) is 4.41. The Hall–Kier alpha value is -0.530. The third-order valence-corrected chi connectivity index (χ3v) is 4.17. The van der Waals surface area contributed by atoms with E-state index in [1.165, 1.54) is 12.2 Å². The molecule has 0 heterocycles. The van der Waals surface area contributed by atoms with Gasteiger partial charge in [0.15, 0.2) is 5.75 Å². The van der Waals surface area contributed by atoms with Gasteiger partial charge in [-0.1, -0.05) is 74.8 Å². The molecule has 0 unspecified atom stereocenters. The van der Waals surface area contributed by atoms with Crippen LogP contribution >= 0.6 is 69.6 Å². The van der Waals surface area contributed by atoms with Crippen molar-refractivity contribution in [3.8, 4) is 11.5 Å². The van der Waals surface area contributed by atoms with E-state index >= 15 is 0 Å². The normalized spacial score (nSPS) is 10.7. The Labute approximate surface area is 200 Å². The number of hydrogen-bond acceptors (Lipinski definition) is 5. The van der Waals surface area contributed by atoms with Crippen LogP contribution < -0.4 is 9.47 Å². The van der Waals surface area contributed by atoms with Crippen LogP contribution in [0.2, 0.25) is 10.0 Å². The summed E-state index contributed by atoms with van der Waals surface area (Å²) in [6, 6.07) is 3.21. The fourth-order valence-electron chi connectivity index (χ4n) is 1.78. The van der Waals surface area contributed by atoms with Crippen molar-refractivity contribution in [3.05, 3.63) is 43.3 Å². The summed E-state index contributed by atoms with van der Waals surface area (Å²) < 4.78 is 16.8. The van der Waals surface area contributed by atoms with Crippen molar-refractivity contribution in [1.29, 1.82) is 0 Å². The molecule has 0 fully saturated rings. The Bertz CT molecular complexity index is 681. The second kappa shape index (κ2) is 16.2. The summed E-state index contributed by atoms with van der Waals surface area (Å²) >= 11 is 34.3. The number of oxime groups is 1. The van der Waals surface area contributed by atoms with Crippen LogP contribution in [-0.4, -0.2) is 39.2 Å². The van der Waals surface area contributed by atoms with Crippen LogP contribution in [0.15, 0.2) is 38.4 Å². The highest BCUT2D eigenvalue weighted by atomic mass is 35.5. The molecule has 11 heteroatoms. The predicted octanol–water partition coefficient (Wildman–Crippen LogP) is 7.19. The molecule has 0 amide bonds. The minimum Gasteiger partial charge on any atom is -0.490 e. The molecule has 1 aromatic carbocycles. The second-order valence-electron chi connectivity index (χ2n) is 5.20. The van der Waals surface area contributed by atoms with Crippen molar-refractivity contribution in [2.45, 2.75) is 12.8 Å².